The summed E-state index contributed by atoms with van der Waals surface area (Å²) in [6.45, 7) is 3.44. The van der Waals surface area contributed by atoms with Crippen molar-refractivity contribution in [2.75, 3.05) is 12.4 Å². The number of carboxylic acid groups (broad SMARTS) is 1. The second-order valence-corrected chi connectivity index (χ2v) is 7.16. The Bertz CT molecular complexity index is 1110. The Labute approximate surface area is 173 Å². The van der Waals surface area contributed by atoms with E-state index in [0.29, 0.717) is 5.75 Å². The Kier molecular flexibility index (Phi) is 6.20. The molecule has 0 aromatic heterocycles. The fourth-order valence-corrected chi connectivity index (χ4v) is 3.21. The first kappa shape index (κ1) is 21.1. The Morgan fingerprint density at radius 2 is 1.77 bits per heavy atom. The van der Waals surface area contributed by atoms with Crippen LogP contribution in [0.5, 0.6) is 11.5 Å². The van der Waals surface area contributed by atoms with Crippen molar-refractivity contribution in [1.82, 2.24) is 0 Å². The molecule has 1 atom stereocenters. The summed E-state index contributed by atoms with van der Waals surface area (Å²) in [5, 5.41) is 12.5. The van der Waals surface area contributed by atoms with Gasteiger partial charge < -0.3 is 19.9 Å². The molecular weight excluding hydrogens is 386 g/mol. The predicted octanol–water partition coefficient (Wildman–Crippen LogP) is 2.85. The SMILES string of the molecule is COc1ccc(-c2ccccc2)c(C[C@H](Nc2c(OC(C)C)c(=O)c2=O)C(=O)O)c1. The highest BCUT2D eigenvalue weighted by Gasteiger charge is 2.29. The zero-order valence-electron chi connectivity index (χ0n) is 17.0. The second kappa shape index (κ2) is 8.82. The van der Waals surface area contributed by atoms with Gasteiger partial charge in [-0.05, 0) is 42.7 Å². The predicted molar refractivity (Wildman–Crippen MR) is 114 cm³/mol. The number of anilines is 1. The number of ether oxygens (including phenoxy) is 2. The lowest BCUT2D eigenvalue weighted by molar-refractivity contribution is -0.137. The minimum atomic E-state index is -1.15. The van der Waals surface area contributed by atoms with E-state index < -0.39 is 22.9 Å². The lowest BCUT2D eigenvalue weighted by Gasteiger charge is -2.21. The molecule has 0 amide bonds. The van der Waals surface area contributed by atoms with E-state index >= 15 is 0 Å². The van der Waals surface area contributed by atoms with Gasteiger partial charge in [0, 0.05) is 6.42 Å². The van der Waals surface area contributed by atoms with Crippen molar-refractivity contribution >= 4 is 11.7 Å². The number of benzene rings is 2. The fourth-order valence-electron chi connectivity index (χ4n) is 3.21. The highest BCUT2D eigenvalue weighted by molar-refractivity contribution is 5.80. The highest BCUT2D eigenvalue weighted by Crippen LogP contribution is 2.29. The maximum Gasteiger partial charge on any atom is 0.326 e. The molecule has 0 unspecified atom stereocenters. The fraction of sp³-hybridized carbons (Fsp3) is 0.261. The average Bonchev–Trinajstić information content (AvgIpc) is 2.75. The molecule has 0 aliphatic carbocycles. The molecular formula is C23H23NO6. The molecule has 3 aromatic carbocycles. The van der Waals surface area contributed by atoms with E-state index in [1.165, 1.54) is 7.11 Å². The van der Waals surface area contributed by atoms with Crippen molar-refractivity contribution < 1.29 is 19.4 Å². The van der Waals surface area contributed by atoms with Gasteiger partial charge in [0.15, 0.2) is 5.75 Å². The van der Waals surface area contributed by atoms with Gasteiger partial charge in [-0.15, -0.1) is 0 Å². The summed E-state index contributed by atoms with van der Waals surface area (Å²) in [7, 11) is 1.53. The number of aliphatic carboxylic acids is 1. The van der Waals surface area contributed by atoms with Crippen LogP contribution in [-0.4, -0.2) is 30.3 Å². The molecule has 7 nitrogen and oxygen atoms in total. The minimum Gasteiger partial charge on any atom is -0.497 e. The van der Waals surface area contributed by atoms with Gasteiger partial charge in [0.2, 0.25) is 0 Å². The van der Waals surface area contributed by atoms with E-state index in [4.69, 9.17) is 9.47 Å². The van der Waals surface area contributed by atoms with E-state index in [-0.39, 0.29) is 24.0 Å². The first-order chi connectivity index (χ1) is 14.3. The monoisotopic (exact) mass is 409 g/mol. The van der Waals surface area contributed by atoms with Gasteiger partial charge in [0.05, 0.1) is 13.2 Å². The molecule has 0 heterocycles. The standard InChI is InChI=1S/C23H23NO6/c1-13(2)30-22-19(20(25)21(22)26)24-18(23(27)28)12-15-11-16(29-3)9-10-17(15)14-7-5-4-6-8-14/h4-11,13,18,24H,12H2,1-3H3,(H,27,28)/t18-/m0/s1. The van der Waals surface area contributed by atoms with Crippen LogP contribution >= 0.6 is 0 Å². The van der Waals surface area contributed by atoms with Gasteiger partial charge in [-0.2, -0.15) is 0 Å². The topological polar surface area (TPSA) is 102 Å². The largest absolute Gasteiger partial charge is 0.497 e. The van der Waals surface area contributed by atoms with Crippen LogP contribution in [0.3, 0.4) is 0 Å². The third kappa shape index (κ3) is 4.35. The molecule has 0 saturated heterocycles. The van der Waals surface area contributed by atoms with Crippen LogP contribution in [0.1, 0.15) is 19.4 Å². The van der Waals surface area contributed by atoms with E-state index in [0.717, 1.165) is 16.7 Å². The van der Waals surface area contributed by atoms with E-state index in [2.05, 4.69) is 5.32 Å². The number of carboxylic acids is 1. The molecule has 3 rings (SSSR count). The summed E-state index contributed by atoms with van der Waals surface area (Å²) >= 11 is 0. The van der Waals surface area contributed by atoms with Crippen molar-refractivity contribution in [2.24, 2.45) is 0 Å². The lowest BCUT2D eigenvalue weighted by atomic mass is 9.94. The van der Waals surface area contributed by atoms with Crippen molar-refractivity contribution in [3.63, 3.8) is 0 Å². The van der Waals surface area contributed by atoms with E-state index in [1.807, 2.05) is 36.4 Å². The van der Waals surface area contributed by atoms with Crippen LogP contribution in [0.15, 0.2) is 58.1 Å². The van der Waals surface area contributed by atoms with Gasteiger partial charge in [-0.1, -0.05) is 36.4 Å². The van der Waals surface area contributed by atoms with Crippen LogP contribution in [0.2, 0.25) is 0 Å². The van der Waals surface area contributed by atoms with Crippen LogP contribution in [-0.2, 0) is 11.2 Å². The molecule has 156 valence electrons. The van der Waals surface area contributed by atoms with Crippen molar-refractivity contribution in [1.29, 1.82) is 0 Å². The van der Waals surface area contributed by atoms with Crippen LogP contribution < -0.4 is 25.6 Å². The molecule has 0 aliphatic rings. The maximum absolute atomic E-state index is 12.0. The Balaban J connectivity index is 1.95. The molecule has 30 heavy (non-hydrogen) atoms. The Hall–Kier alpha value is -3.61. The number of hydrogen-bond donors (Lipinski definition) is 2. The third-order valence-corrected chi connectivity index (χ3v) is 4.66. The highest BCUT2D eigenvalue weighted by atomic mass is 16.5. The summed E-state index contributed by atoms with van der Waals surface area (Å²) in [6.07, 6.45) is -0.253. The quantitative estimate of drug-likeness (QED) is 0.524. The molecule has 0 radical (unpaired) electrons. The molecule has 0 saturated carbocycles. The van der Waals surface area contributed by atoms with Gasteiger partial charge in [0.25, 0.3) is 10.9 Å². The smallest absolute Gasteiger partial charge is 0.326 e. The Morgan fingerprint density at radius 3 is 2.37 bits per heavy atom. The number of nitrogens with one attached hydrogen (secondary N) is 1. The van der Waals surface area contributed by atoms with Crippen LogP contribution in [0.4, 0.5) is 5.69 Å². The van der Waals surface area contributed by atoms with Crippen molar-refractivity contribution in [3.05, 3.63) is 74.5 Å². The Morgan fingerprint density at radius 1 is 1.07 bits per heavy atom. The zero-order chi connectivity index (χ0) is 21.8. The molecule has 7 heteroatoms. The van der Waals surface area contributed by atoms with Crippen LogP contribution in [0.25, 0.3) is 11.1 Å². The summed E-state index contributed by atoms with van der Waals surface area (Å²) < 4.78 is 10.7. The molecule has 0 fully saturated rings. The number of rotatable bonds is 9. The van der Waals surface area contributed by atoms with Gasteiger partial charge in [-0.3, -0.25) is 9.59 Å². The summed E-state index contributed by atoms with van der Waals surface area (Å²) in [5.41, 5.74) is 0.897. The molecule has 3 aromatic rings. The number of hydrogen-bond acceptors (Lipinski definition) is 6. The zero-order valence-corrected chi connectivity index (χ0v) is 17.0. The normalized spacial score (nSPS) is 12.0. The molecule has 0 bridgehead atoms. The van der Waals surface area contributed by atoms with Crippen molar-refractivity contribution in [2.45, 2.75) is 32.4 Å². The van der Waals surface area contributed by atoms with Gasteiger partial charge in [-0.25, -0.2) is 4.79 Å². The van der Waals surface area contributed by atoms with Crippen LogP contribution in [0, 0.1) is 0 Å². The number of methoxy groups -OCH3 is 1. The first-order valence-electron chi connectivity index (χ1n) is 9.53. The summed E-state index contributed by atoms with van der Waals surface area (Å²) in [5.74, 6) is -0.678. The van der Waals surface area contributed by atoms with E-state index in [1.54, 1.807) is 26.0 Å². The van der Waals surface area contributed by atoms with Gasteiger partial charge in [0.1, 0.15) is 17.5 Å². The average molecular weight is 409 g/mol. The third-order valence-electron chi connectivity index (χ3n) is 4.66. The molecule has 0 spiro atoms. The lowest BCUT2D eigenvalue weighted by Crippen LogP contribution is -2.42. The number of carbonyl (C=O) groups is 1. The first-order valence-corrected chi connectivity index (χ1v) is 9.53. The molecule has 0 aliphatic heterocycles. The second-order valence-electron chi connectivity index (χ2n) is 7.16. The summed E-state index contributed by atoms with van der Waals surface area (Å²) in [6, 6.07) is 13.9. The van der Waals surface area contributed by atoms with Crippen molar-refractivity contribution in [3.8, 4) is 22.6 Å². The maximum atomic E-state index is 12.0. The van der Waals surface area contributed by atoms with Gasteiger partial charge >= 0.3 is 5.97 Å². The minimum absolute atomic E-state index is 0.0662. The summed E-state index contributed by atoms with van der Waals surface area (Å²) in [4.78, 5) is 35.7. The van der Waals surface area contributed by atoms with E-state index in [9.17, 15) is 19.5 Å². The molecule has 2 N–H and O–H groups in total.